The fourth-order valence-electron chi connectivity index (χ4n) is 1.45. The highest BCUT2D eigenvalue weighted by molar-refractivity contribution is 5.65. The van der Waals surface area contributed by atoms with Crippen LogP contribution >= 0.6 is 0 Å². The summed E-state index contributed by atoms with van der Waals surface area (Å²) in [5.74, 6) is 0.694. The Morgan fingerprint density at radius 2 is 1.85 bits per heavy atom. The molecule has 0 rings (SSSR count). The van der Waals surface area contributed by atoms with Gasteiger partial charge < -0.3 is 4.74 Å². The molecule has 2 nitrogen and oxygen atoms in total. The Kier molecular flexibility index (Phi) is 7.76. The Morgan fingerprint density at radius 3 is 2.31 bits per heavy atom. The van der Waals surface area contributed by atoms with Gasteiger partial charge in [0.15, 0.2) is 0 Å². The summed E-state index contributed by atoms with van der Waals surface area (Å²) in [4.78, 5) is 10.4. The molecule has 0 aliphatic rings. The molecule has 0 aromatic heterocycles. The molecule has 0 unspecified atom stereocenters. The van der Waals surface area contributed by atoms with Crippen molar-refractivity contribution in [3.8, 4) is 0 Å². The molecule has 0 aliphatic carbocycles. The van der Waals surface area contributed by atoms with Gasteiger partial charge in [-0.15, -0.1) is 0 Å². The molecule has 0 saturated heterocycles. The molecule has 13 heavy (non-hydrogen) atoms. The lowest BCUT2D eigenvalue weighted by Crippen LogP contribution is -2.02. The van der Waals surface area contributed by atoms with E-state index >= 15 is 0 Å². The van der Waals surface area contributed by atoms with E-state index in [1.54, 1.807) is 0 Å². The summed E-state index contributed by atoms with van der Waals surface area (Å²) in [6, 6.07) is 0. The van der Waals surface area contributed by atoms with Gasteiger partial charge in [-0.3, -0.25) is 4.79 Å². The van der Waals surface area contributed by atoms with Crippen LogP contribution < -0.4 is 0 Å². The number of rotatable bonds is 7. The molecule has 0 heterocycles. The average Bonchev–Trinajstić information content (AvgIpc) is 2.11. The van der Waals surface area contributed by atoms with Crippen LogP contribution in [0.15, 0.2) is 0 Å². The molecule has 0 bridgehead atoms. The van der Waals surface area contributed by atoms with Gasteiger partial charge in [0.2, 0.25) is 0 Å². The molecule has 0 atom stereocenters. The summed E-state index contributed by atoms with van der Waals surface area (Å²) in [7, 11) is 0. The maximum absolute atomic E-state index is 10.4. The number of hydrogen-bond donors (Lipinski definition) is 0. The van der Waals surface area contributed by atoms with Gasteiger partial charge in [0.25, 0.3) is 0 Å². The molecule has 0 aromatic rings. The minimum atomic E-state index is -0.164. The van der Waals surface area contributed by atoms with Gasteiger partial charge in [0, 0.05) is 6.92 Å². The van der Waals surface area contributed by atoms with Crippen molar-refractivity contribution in [1.29, 1.82) is 0 Å². The zero-order valence-electron chi connectivity index (χ0n) is 9.14. The predicted molar refractivity (Wildman–Crippen MR) is 54.6 cm³/mol. The second-order valence-corrected chi connectivity index (χ2v) is 3.52. The highest BCUT2D eigenvalue weighted by Crippen LogP contribution is 2.15. The molecule has 0 spiro atoms. The van der Waals surface area contributed by atoms with Crippen LogP contribution in [0, 0.1) is 5.92 Å². The normalized spacial score (nSPS) is 10.5. The van der Waals surface area contributed by atoms with Crippen LogP contribution in [0.2, 0.25) is 0 Å². The van der Waals surface area contributed by atoms with Crippen molar-refractivity contribution in [3.05, 3.63) is 0 Å². The van der Waals surface area contributed by atoms with Crippen LogP contribution in [0.1, 0.15) is 52.9 Å². The van der Waals surface area contributed by atoms with Crippen LogP contribution in [0.4, 0.5) is 0 Å². The number of carbonyl (C=O) groups excluding carboxylic acids is 1. The molecule has 78 valence electrons. The number of carbonyl (C=O) groups is 1. The van der Waals surface area contributed by atoms with Crippen LogP contribution in [-0.2, 0) is 9.53 Å². The summed E-state index contributed by atoms with van der Waals surface area (Å²) in [5, 5.41) is 0. The van der Waals surface area contributed by atoms with Crippen molar-refractivity contribution < 1.29 is 9.53 Å². The molecule has 0 aliphatic heterocycles. The first-order valence-corrected chi connectivity index (χ1v) is 5.34. The minimum Gasteiger partial charge on any atom is -0.466 e. The molecule has 0 radical (unpaired) electrons. The summed E-state index contributed by atoms with van der Waals surface area (Å²) < 4.78 is 4.85. The van der Waals surface area contributed by atoms with Crippen molar-refractivity contribution >= 4 is 5.97 Å². The Labute approximate surface area is 81.7 Å². The zero-order valence-corrected chi connectivity index (χ0v) is 9.14. The SMILES string of the molecule is CCC(CC)CCCCOC(C)=O. The van der Waals surface area contributed by atoms with Gasteiger partial charge in [-0.1, -0.05) is 33.1 Å². The highest BCUT2D eigenvalue weighted by Gasteiger charge is 2.02. The van der Waals surface area contributed by atoms with E-state index in [1.807, 2.05) is 0 Å². The lowest BCUT2D eigenvalue weighted by atomic mass is 9.97. The van der Waals surface area contributed by atoms with E-state index in [-0.39, 0.29) is 5.97 Å². The maximum Gasteiger partial charge on any atom is 0.302 e. The smallest absolute Gasteiger partial charge is 0.302 e. The summed E-state index contributed by atoms with van der Waals surface area (Å²) in [6.07, 6.45) is 6.00. The molecule has 0 N–H and O–H groups in total. The standard InChI is InChI=1S/C11H22O2/c1-4-11(5-2)8-6-7-9-13-10(3)12/h11H,4-9H2,1-3H3. The van der Waals surface area contributed by atoms with Gasteiger partial charge >= 0.3 is 5.97 Å². The molecular formula is C11H22O2. The van der Waals surface area contributed by atoms with Gasteiger partial charge in [0.05, 0.1) is 6.61 Å². The Bertz CT molecular complexity index is 128. The fraction of sp³-hybridized carbons (Fsp3) is 0.909. The third-order valence-electron chi connectivity index (χ3n) is 2.47. The lowest BCUT2D eigenvalue weighted by Gasteiger charge is -2.11. The van der Waals surface area contributed by atoms with Crippen molar-refractivity contribution in [2.45, 2.75) is 52.9 Å². The Morgan fingerprint density at radius 1 is 1.23 bits per heavy atom. The van der Waals surface area contributed by atoms with Crippen LogP contribution in [-0.4, -0.2) is 12.6 Å². The number of ether oxygens (including phenoxy) is 1. The second kappa shape index (κ2) is 8.09. The van der Waals surface area contributed by atoms with E-state index in [9.17, 15) is 4.79 Å². The maximum atomic E-state index is 10.4. The summed E-state index contributed by atoms with van der Waals surface area (Å²) in [6.45, 7) is 6.52. The minimum absolute atomic E-state index is 0.164. The van der Waals surface area contributed by atoms with E-state index < -0.39 is 0 Å². The van der Waals surface area contributed by atoms with E-state index in [0.717, 1.165) is 12.3 Å². The Hall–Kier alpha value is -0.530. The number of unbranched alkanes of at least 4 members (excludes halogenated alkanes) is 1. The third kappa shape index (κ3) is 7.82. The quantitative estimate of drug-likeness (QED) is 0.451. The molecule has 0 fully saturated rings. The van der Waals surface area contributed by atoms with Crippen molar-refractivity contribution in [1.82, 2.24) is 0 Å². The fourth-order valence-corrected chi connectivity index (χ4v) is 1.45. The van der Waals surface area contributed by atoms with E-state index in [1.165, 1.54) is 32.6 Å². The largest absolute Gasteiger partial charge is 0.466 e. The van der Waals surface area contributed by atoms with Crippen molar-refractivity contribution in [3.63, 3.8) is 0 Å². The first-order chi connectivity index (χ1) is 6.20. The number of hydrogen-bond acceptors (Lipinski definition) is 2. The van der Waals surface area contributed by atoms with Crippen molar-refractivity contribution in [2.24, 2.45) is 5.92 Å². The molecule has 0 amide bonds. The topological polar surface area (TPSA) is 26.3 Å². The Balaban J connectivity index is 3.19. The number of esters is 1. The first kappa shape index (κ1) is 12.5. The van der Waals surface area contributed by atoms with Gasteiger partial charge in [-0.05, 0) is 18.8 Å². The van der Waals surface area contributed by atoms with Crippen LogP contribution in [0.5, 0.6) is 0 Å². The van der Waals surface area contributed by atoms with E-state index in [4.69, 9.17) is 4.74 Å². The predicted octanol–water partition coefficient (Wildman–Crippen LogP) is 3.16. The van der Waals surface area contributed by atoms with Gasteiger partial charge in [-0.25, -0.2) is 0 Å². The van der Waals surface area contributed by atoms with Crippen LogP contribution in [0.25, 0.3) is 0 Å². The zero-order chi connectivity index (χ0) is 10.1. The molecule has 0 saturated carbocycles. The molecular weight excluding hydrogens is 164 g/mol. The van der Waals surface area contributed by atoms with Crippen LogP contribution in [0.3, 0.4) is 0 Å². The first-order valence-electron chi connectivity index (χ1n) is 5.34. The molecule has 0 aromatic carbocycles. The summed E-state index contributed by atoms with van der Waals surface area (Å²) in [5.41, 5.74) is 0. The average molecular weight is 186 g/mol. The van der Waals surface area contributed by atoms with Gasteiger partial charge in [0.1, 0.15) is 0 Å². The highest BCUT2D eigenvalue weighted by atomic mass is 16.5. The third-order valence-corrected chi connectivity index (χ3v) is 2.47. The van der Waals surface area contributed by atoms with Crippen molar-refractivity contribution in [2.75, 3.05) is 6.61 Å². The summed E-state index contributed by atoms with van der Waals surface area (Å²) >= 11 is 0. The van der Waals surface area contributed by atoms with E-state index in [0.29, 0.717) is 6.61 Å². The van der Waals surface area contributed by atoms with E-state index in [2.05, 4.69) is 13.8 Å². The second-order valence-electron chi connectivity index (χ2n) is 3.52. The molecule has 2 heteroatoms. The van der Waals surface area contributed by atoms with Gasteiger partial charge in [-0.2, -0.15) is 0 Å². The lowest BCUT2D eigenvalue weighted by molar-refractivity contribution is -0.141. The monoisotopic (exact) mass is 186 g/mol.